The van der Waals surface area contributed by atoms with Crippen molar-refractivity contribution in [2.24, 2.45) is 20.4 Å². The Kier molecular flexibility index (Phi) is 12.0. The molecule has 0 saturated heterocycles. The SMILES string of the molecule is CCC(COc1ccccc1N=Cc1ccccn1)(COc1ccccc1N=Cc1ccccn1)COc1ccccc1N=Cc1ccccn1. The van der Waals surface area contributed by atoms with Crippen LogP contribution in [-0.2, 0) is 0 Å². The number of ether oxygens (including phenoxy) is 3. The van der Waals surface area contributed by atoms with Crippen molar-refractivity contribution in [1.29, 1.82) is 0 Å². The van der Waals surface area contributed by atoms with Crippen molar-refractivity contribution in [2.75, 3.05) is 19.8 Å². The second kappa shape index (κ2) is 17.8. The minimum Gasteiger partial charge on any atom is -0.490 e. The van der Waals surface area contributed by atoms with Gasteiger partial charge in [-0.2, -0.15) is 0 Å². The minimum atomic E-state index is -0.590. The summed E-state index contributed by atoms with van der Waals surface area (Å²) in [6.45, 7) is 2.98. The average molecular weight is 675 g/mol. The maximum atomic E-state index is 6.56. The zero-order valence-corrected chi connectivity index (χ0v) is 28.3. The van der Waals surface area contributed by atoms with Crippen LogP contribution in [0.2, 0.25) is 0 Å². The number of para-hydroxylation sites is 6. The van der Waals surface area contributed by atoms with Crippen LogP contribution in [0.5, 0.6) is 17.2 Å². The number of hydrogen-bond acceptors (Lipinski definition) is 9. The van der Waals surface area contributed by atoms with E-state index in [1.54, 1.807) is 37.2 Å². The highest BCUT2D eigenvalue weighted by Gasteiger charge is 2.33. The molecular weight excluding hydrogens is 637 g/mol. The summed E-state index contributed by atoms with van der Waals surface area (Å²) in [5, 5.41) is 0. The molecule has 0 saturated carbocycles. The highest BCUT2D eigenvalue weighted by molar-refractivity contribution is 5.81. The van der Waals surface area contributed by atoms with E-state index in [0.717, 1.165) is 17.1 Å². The highest BCUT2D eigenvalue weighted by Crippen LogP contribution is 2.35. The van der Waals surface area contributed by atoms with Crippen molar-refractivity contribution in [3.05, 3.63) is 163 Å². The van der Waals surface area contributed by atoms with E-state index in [4.69, 9.17) is 14.2 Å². The summed E-state index contributed by atoms with van der Waals surface area (Å²) in [6, 6.07) is 40.2. The Morgan fingerprint density at radius 3 is 1.06 bits per heavy atom. The van der Waals surface area contributed by atoms with Gasteiger partial charge in [-0.15, -0.1) is 0 Å². The Morgan fingerprint density at radius 1 is 0.451 bits per heavy atom. The van der Waals surface area contributed by atoms with Gasteiger partial charge in [0.2, 0.25) is 0 Å². The van der Waals surface area contributed by atoms with Crippen LogP contribution >= 0.6 is 0 Å². The fourth-order valence-electron chi connectivity index (χ4n) is 4.95. The molecule has 6 aromatic rings. The molecule has 0 unspecified atom stereocenters. The van der Waals surface area contributed by atoms with Crippen LogP contribution in [0.25, 0.3) is 0 Å². The van der Waals surface area contributed by atoms with Gasteiger partial charge in [-0.1, -0.05) is 61.5 Å². The molecule has 0 fully saturated rings. The summed E-state index contributed by atoms with van der Waals surface area (Å²) in [5.74, 6) is 1.93. The van der Waals surface area contributed by atoms with E-state index >= 15 is 0 Å². The van der Waals surface area contributed by atoms with Crippen LogP contribution in [0.1, 0.15) is 30.4 Å². The lowest BCUT2D eigenvalue weighted by Crippen LogP contribution is -2.40. The van der Waals surface area contributed by atoms with Gasteiger partial charge in [0.25, 0.3) is 0 Å². The van der Waals surface area contributed by atoms with Crippen LogP contribution in [-0.4, -0.2) is 53.4 Å². The number of pyridine rings is 3. The molecule has 0 N–H and O–H groups in total. The highest BCUT2D eigenvalue weighted by atomic mass is 16.5. The van der Waals surface area contributed by atoms with Crippen molar-refractivity contribution in [2.45, 2.75) is 13.3 Å². The van der Waals surface area contributed by atoms with Crippen molar-refractivity contribution in [3.8, 4) is 17.2 Å². The third-order valence-electron chi connectivity index (χ3n) is 8.02. The molecule has 0 atom stereocenters. The average Bonchev–Trinajstić information content (AvgIpc) is 3.20. The predicted molar refractivity (Wildman–Crippen MR) is 203 cm³/mol. The minimum absolute atomic E-state index is 0.290. The molecule has 3 aromatic carbocycles. The molecule has 0 bridgehead atoms. The molecule has 9 nitrogen and oxygen atoms in total. The summed E-state index contributed by atoms with van der Waals surface area (Å²) >= 11 is 0. The Labute approximate surface area is 298 Å². The van der Waals surface area contributed by atoms with E-state index in [1.807, 2.05) is 127 Å². The molecule has 3 aromatic heterocycles. The van der Waals surface area contributed by atoms with Gasteiger partial charge in [-0.3, -0.25) is 29.9 Å². The Morgan fingerprint density at radius 2 is 0.765 bits per heavy atom. The molecule has 254 valence electrons. The third-order valence-corrected chi connectivity index (χ3v) is 8.02. The van der Waals surface area contributed by atoms with Crippen LogP contribution in [0, 0.1) is 5.41 Å². The fourth-order valence-corrected chi connectivity index (χ4v) is 4.95. The first-order valence-electron chi connectivity index (χ1n) is 16.7. The van der Waals surface area contributed by atoms with Gasteiger partial charge in [0.05, 0.1) is 41.1 Å². The topological polar surface area (TPSA) is 103 Å². The zero-order chi connectivity index (χ0) is 35.0. The fraction of sp³-hybridized carbons (Fsp3) is 0.143. The maximum Gasteiger partial charge on any atom is 0.144 e. The summed E-state index contributed by atoms with van der Waals surface area (Å²) in [7, 11) is 0. The van der Waals surface area contributed by atoms with E-state index in [9.17, 15) is 0 Å². The van der Waals surface area contributed by atoms with Crippen molar-refractivity contribution >= 4 is 35.7 Å². The van der Waals surface area contributed by atoms with Gasteiger partial charge < -0.3 is 14.2 Å². The number of nitrogens with zero attached hydrogens (tertiary/aromatic N) is 6. The Balaban J connectivity index is 1.25. The molecule has 0 aliphatic heterocycles. The molecule has 51 heavy (non-hydrogen) atoms. The summed E-state index contributed by atoms with van der Waals surface area (Å²) in [5.41, 5.74) is 3.76. The van der Waals surface area contributed by atoms with Crippen LogP contribution in [0.3, 0.4) is 0 Å². The lowest BCUT2D eigenvalue weighted by Gasteiger charge is -2.32. The molecule has 0 aliphatic carbocycles. The van der Waals surface area contributed by atoms with E-state index in [-0.39, 0.29) is 0 Å². The van der Waals surface area contributed by atoms with Crippen molar-refractivity contribution in [3.63, 3.8) is 0 Å². The quantitative estimate of drug-likeness (QED) is 0.0949. The molecule has 0 aliphatic rings. The van der Waals surface area contributed by atoms with E-state index in [0.29, 0.717) is 60.6 Å². The van der Waals surface area contributed by atoms with Gasteiger partial charge in [-0.05, 0) is 79.2 Å². The number of hydrogen-bond donors (Lipinski definition) is 0. The smallest absolute Gasteiger partial charge is 0.144 e. The normalized spacial score (nSPS) is 12.6. The van der Waals surface area contributed by atoms with Gasteiger partial charge >= 0.3 is 0 Å². The van der Waals surface area contributed by atoms with Crippen molar-refractivity contribution in [1.82, 2.24) is 15.0 Å². The van der Waals surface area contributed by atoms with Gasteiger partial charge in [0.1, 0.15) is 54.1 Å². The molecule has 9 heteroatoms. The predicted octanol–water partition coefficient (Wildman–Crippen LogP) is 9.06. The molecule has 6 rings (SSSR count). The molecule has 0 radical (unpaired) electrons. The van der Waals surface area contributed by atoms with E-state index < -0.39 is 5.41 Å². The largest absolute Gasteiger partial charge is 0.490 e. The molecule has 3 heterocycles. The second-order valence-corrected chi connectivity index (χ2v) is 11.7. The first kappa shape index (κ1) is 34.4. The second-order valence-electron chi connectivity index (χ2n) is 11.7. The van der Waals surface area contributed by atoms with Gasteiger partial charge in [-0.25, -0.2) is 0 Å². The summed E-state index contributed by atoms with van der Waals surface area (Å²) in [4.78, 5) is 27.1. The summed E-state index contributed by atoms with van der Waals surface area (Å²) < 4.78 is 19.7. The molecular formula is C42H38N6O3. The zero-order valence-electron chi connectivity index (χ0n) is 28.3. The molecule has 0 amide bonds. The van der Waals surface area contributed by atoms with Crippen LogP contribution < -0.4 is 14.2 Å². The third kappa shape index (κ3) is 10.0. The number of aromatic nitrogens is 3. The van der Waals surface area contributed by atoms with Gasteiger partial charge in [0, 0.05) is 18.6 Å². The number of benzene rings is 3. The van der Waals surface area contributed by atoms with Crippen molar-refractivity contribution < 1.29 is 14.2 Å². The maximum absolute atomic E-state index is 6.56. The van der Waals surface area contributed by atoms with E-state index in [1.165, 1.54) is 0 Å². The Bertz CT molecular complexity index is 1820. The van der Waals surface area contributed by atoms with Crippen LogP contribution in [0.4, 0.5) is 17.1 Å². The first-order valence-corrected chi connectivity index (χ1v) is 16.7. The number of rotatable bonds is 16. The lowest BCUT2D eigenvalue weighted by atomic mass is 9.88. The van der Waals surface area contributed by atoms with Gasteiger partial charge in [0.15, 0.2) is 0 Å². The van der Waals surface area contributed by atoms with Crippen LogP contribution in [0.15, 0.2) is 161 Å². The standard InChI is InChI=1S/C42H38N6O3/c1-2-42(30-49-39-21-6-3-18-36(39)46-27-33-15-9-12-24-43-33,31-50-40-22-7-4-19-37(40)47-28-34-16-10-13-25-44-34)32-51-41-23-8-5-20-38(41)48-29-35-17-11-14-26-45-35/h3-29H,2,30-32H2,1H3. The Hall–Kier alpha value is -6.48. The van der Waals surface area contributed by atoms with E-state index in [2.05, 4.69) is 36.9 Å². The first-order chi connectivity index (χ1) is 25.2. The number of aliphatic imine (C=N–C) groups is 3. The molecule has 0 spiro atoms. The monoisotopic (exact) mass is 674 g/mol. The summed E-state index contributed by atoms with van der Waals surface area (Å²) in [6.07, 6.45) is 11.1. The lowest BCUT2D eigenvalue weighted by molar-refractivity contribution is 0.0299.